The Hall–Kier alpha value is -2.46. The number of anilines is 2. The molecule has 0 atom stereocenters. The van der Waals surface area contributed by atoms with Gasteiger partial charge in [0.05, 0.1) is 28.4 Å². The molecule has 0 aliphatic carbocycles. The quantitative estimate of drug-likeness (QED) is 0.621. The third-order valence-electron chi connectivity index (χ3n) is 3.13. The molecule has 1 aromatic carbocycles. The Morgan fingerprint density at radius 3 is 2.92 bits per heavy atom. The summed E-state index contributed by atoms with van der Waals surface area (Å²) in [6, 6.07) is 5.02. The van der Waals surface area contributed by atoms with Gasteiger partial charge in [0, 0.05) is 6.42 Å². The van der Waals surface area contributed by atoms with Gasteiger partial charge < -0.3 is 10.3 Å². The number of aromatic nitrogens is 3. The van der Waals surface area contributed by atoms with Gasteiger partial charge in [-0.1, -0.05) is 18.3 Å². The van der Waals surface area contributed by atoms with E-state index in [1.165, 1.54) is 23.9 Å². The summed E-state index contributed by atoms with van der Waals surface area (Å²) < 4.78 is 27.6. The first-order valence-corrected chi connectivity index (χ1v) is 9.49. The summed E-state index contributed by atoms with van der Waals surface area (Å²) in [6.45, 7) is 1.93. The van der Waals surface area contributed by atoms with Crippen LogP contribution in [0.3, 0.4) is 0 Å². The highest BCUT2D eigenvalue weighted by molar-refractivity contribution is 7.92. The van der Waals surface area contributed by atoms with Gasteiger partial charge in [-0.25, -0.2) is 9.97 Å². The van der Waals surface area contributed by atoms with Gasteiger partial charge >= 0.3 is 0 Å². The van der Waals surface area contributed by atoms with Crippen LogP contribution >= 0.6 is 11.3 Å². The van der Waals surface area contributed by atoms with Crippen molar-refractivity contribution in [3.8, 4) is 0 Å². The number of hydrogen-bond donors (Lipinski definition) is 3. The van der Waals surface area contributed by atoms with E-state index in [0.29, 0.717) is 22.8 Å². The second-order valence-electron chi connectivity index (χ2n) is 5.02. The molecule has 8 nitrogen and oxygen atoms in total. The first kappa shape index (κ1) is 16.4. The fourth-order valence-electron chi connectivity index (χ4n) is 2.05. The minimum absolute atomic E-state index is 0.0200. The van der Waals surface area contributed by atoms with Crippen LogP contribution in [0.25, 0.3) is 10.2 Å². The predicted molar refractivity (Wildman–Crippen MR) is 92.6 cm³/mol. The number of H-pyrrole nitrogens is 1. The topological polar surface area (TPSA) is 117 Å². The highest BCUT2D eigenvalue weighted by atomic mass is 32.2. The molecule has 126 valence electrons. The second-order valence-corrected chi connectivity index (χ2v) is 7.70. The Morgan fingerprint density at radius 1 is 1.38 bits per heavy atom. The zero-order chi connectivity index (χ0) is 17.2. The van der Waals surface area contributed by atoms with Gasteiger partial charge in [0.1, 0.15) is 0 Å². The van der Waals surface area contributed by atoms with E-state index in [1.807, 2.05) is 6.92 Å². The summed E-state index contributed by atoms with van der Waals surface area (Å²) >= 11 is 1.34. The molecular formula is C14H15N5O3S2. The molecule has 0 bridgehead atoms. The van der Waals surface area contributed by atoms with Crippen LogP contribution in [0.2, 0.25) is 0 Å². The summed E-state index contributed by atoms with van der Waals surface area (Å²) in [6.07, 6.45) is 3.72. The lowest BCUT2D eigenvalue weighted by Crippen LogP contribution is -2.13. The van der Waals surface area contributed by atoms with E-state index in [4.69, 9.17) is 0 Å². The third-order valence-corrected chi connectivity index (χ3v) is 5.38. The number of hydrogen-bond acceptors (Lipinski definition) is 6. The van der Waals surface area contributed by atoms with Crippen molar-refractivity contribution in [1.82, 2.24) is 15.0 Å². The number of fused-ring (bicyclic) bond motifs is 1. The van der Waals surface area contributed by atoms with Crippen molar-refractivity contribution in [3.63, 3.8) is 0 Å². The minimum atomic E-state index is -3.72. The Kier molecular flexibility index (Phi) is 4.49. The SMILES string of the molecule is CCCC(=O)Nc1nc2cc(NS(=O)(=O)c3cnc[nH]3)ccc2s1. The van der Waals surface area contributed by atoms with Gasteiger partial charge in [0.2, 0.25) is 5.91 Å². The Labute approximate surface area is 142 Å². The summed E-state index contributed by atoms with van der Waals surface area (Å²) in [7, 11) is -3.72. The number of carbonyl (C=O) groups is 1. The average molecular weight is 365 g/mol. The molecule has 3 rings (SSSR count). The van der Waals surface area contributed by atoms with Crippen LogP contribution in [0, 0.1) is 0 Å². The maximum atomic E-state index is 12.2. The van der Waals surface area contributed by atoms with Gasteiger partial charge in [-0.05, 0) is 24.6 Å². The highest BCUT2D eigenvalue weighted by Gasteiger charge is 2.16. The largest absolute Gasteiger partial charge is 0.334 e. The molecule has 0 unspecified atom stereocenters. The first-order valence-electron chi connectivity index (χ1n) is 7.19. The second kappa shape index (κ2) is 6.57. The molecule has 0 saturated carbocycles. The molecule has 24 heavy (non-hydrogen) atoms. The molecule has 0 radical (unpaired) electrons. The van der Waals surface area contributed by atoms with Gasteiger partial charge in [-0.3, -0.25) is 9.52 Å². The van der Waals surface area contributed by atoms with Gasteiger partial charge in [-0.15, -0.1) is 0 Å². The zero-order valence-electron chi connectivity index (χ0n) is 12.7. The smallest absolute Gasteiger partial charge is 0.278 e. The molecule has 3 N–H and O–H groups in total. The lowest BCUT2D eigenvalue weighted by atomic mass is 10.3. The number of rotatable bonds is 6. The number of sulfonamides is 1. The van der Waals surface area contributed by atoms with E-state index in [1.54, 1.807) is 18.2 Å². The molecule has 0 aliphatic heterocycles. The van der Waals surface area contributed by atoms with E-state index >= 15 is 0 Å². The molecule has 2 heterocycles. The fourth-order valence-corrected chi connectivity index (χ4v) is 3.87. The maximum absolute atomic E-state index is 12.2. The molecule has 0 fully saturated rings. The number of thiazole rings is 1. The maximum Gasteiger partial charge on any atom is 0.278 e. The molecule has 0 aliphatic rings. The monoisotopic (exact) mass is 365 g/mol. The number of nitrogens with zero attached hydrogens (tertiary/aromatic N) is 2. The number of benzene rings is 1. The lowest BCUT2D eigenvalue weighted by molar-refractivity contribution is -0.116. The normalized spacial score (nSPS) is 11.5. The molecule has 2 aromatic heterocycles. The molecule has 10 heteroatoms. The summed E-state index contributed by atoms with van der Waals surface area (Å²) in [5.74, 6) is -0.0864. The average Bonchev–Trinajstić information content (AvgIpc) is 3.15. The van der Waals surface area contributed by atoms with Gasteiger partial charge in [0.25, 0.3) is 10.0 Å². The van der Waals surface area contributed by atoms with Crippen molar-refractivity contribution >= 4 is 48.3 Å². The highest BCUT2D eigenvalue weighted by Crippen LogP contribution is 2.29. The van der Waals surface area contributed by atoms with Crippen molar-refractivity contribution in [2.75, 3.05) is 10.0 Å². The number of carbonyl (C=O) groups excluding carboxylic acids is 1. The predicted octanol–water partition coefficient (Wildman–Crippen LogP) is 2.56. The van der Waals surface area contributed by atoms with Crippen LogP contribution in [0.15, 0.2) is 35.7 Å². The molecule has 1 amide bonds. The standard InChI is InChI=1S/C14H15N5O3S2/c1-2-3-12(20)18-14-17-10-6-9(4-5-11(10)23-14)19-24(21,22)13-7-15-8-16-13/h4-8,19H,2-3H2,1H3,(H,15,16)(H,17,18,20). The van der Waals surface area contributed by atoms with Gasteiger partial charge in [-0.2, -0.15) is 8.42 Å². The minimum Gasteiger partial charge on any atom is -0.334 e. The zero-order valence-corrected chi connectivity index (χ0v) is 14.4. The van der Waals surface area contributed by atoms with Crippen LogP contribution in [-0.2, 0) is 14.8 Å². The number of imidazole rings is 1. The van der Waals surface area contributed by atoms with Crippen LogP contribution in [0.4, 0.5) is 10.8 Å². The summed E-state index contributed by atoms with van der Waals surface area (Å²) in [5.41, 5.74) is 0.991. The summed E-state index contributed by atoms with van der Waals surface area (Å²) in [5, 5.41) is 3.22. The Bertz CT molecular complexity index is 964. The van der Waals surface area contributed by atoms with Crippen LogP contribution < -0.4 is 10.0 Å². The van der Waals surface area contributed by atoms with Crippen molar-refractivity contribution in [2.45, 2.75) is 24.8 Å². The number of aromatic amines is 1. The van der Waals surface area contributed by atoms with Crippen molar-refractivity contribution in [2.24, 2.45) is 0 Å². The number of amides is 1. The number of nitrogens with one attached hydrogen (secondary N) is 3. The molecular weight excluding hydrogens is 350 g/mol. The van der Waals surface area contributed by atoms with Crippen molar-refractivity contribution < 1.29 is 13.2 Å². The molecule has 3 aromatic rings. The third kappa shape index (κ3) is 3.54. The van der Waals surface area contributed by atoms with E-state index in [2.05, 4.69) is 25.0 Å². The molecule has 0 saturated heterocycles. The van der Waals surface area contributed by atoms with Crippen LogP contribution in [-0.4, -0.2) is 29.3 Å². The summed E-state index contributed by atoms with van der Waals surface area (Å²) in [4.78, 5) is 22.2. The van der Waals surface area contributed by atoms with Gasteiger partial charge in [0.15, 0.2) is 10.2 Å². The van der Waals surface area contributed by atoms with Crippen molar-refractivity contribution in [1.29, 1.82) is 0 Å². The van der Waals surface area contributed by atoms with E-state index in [0.717, 1.165) is 11.1 Å². The van der Waals surface area contributed by atoms with Crippen LogP contribution in [0.1, 0.15) is 19.8 Å². The van der Waals surface area contributed by atoms with E-state index < -0.39 is 10.0 Å². The molecule has 0 spiro atoms. The Morgan fingerprint density at radius 2 is 2.21 bits per heavy atom. The van der Waals surface area contributed by atoms with E-state index in [9.17, 15) is 13.2 Å². The van der Waals surface area contributed by atoms with Crippen molar-refractivity contribution in [3.05, 3.63) is 30.7 Å². The first-order chi connectivity index (χ1) is 11.5. The lowest BCUT2D eigenvalue weighted by Gasteiger charge is -2.05. The Balaban J connectivity index is 1.82. The van der Waals surface area contributed by atoms with E-state index in [-0.39, 0.29) is 10.9 Å². The van der Waals surface area contributed by atoms with Crippen LogP contribution in [0.5, 0.6) is 0 Å². The fraction of sp³-hybridized carbons (Fsp3) is 0.214.